The predicted octanol–water partition coefficient (Wildman–Crippen LogP) is 2.39. The number of halogens is 1. The zero-order valence-electron chi connectivity index (χ0n) is 16.8. The lowest BCUT2D eigenvalue weighted by atomic mass is 9.99. The lowest BCUT2D eigenvalue weighted by Crippen LogP contribution is -2.41. The molecular weight excluding hydrogens is 478 g/mol. The Labute approximate surface area is 189 Å². The summed E-state index contributed by atoms with van der Waals surface area (Å²) in [4.78, 5) is 22.8. The van der Waals surface area contributed by atoms with Crippen LogP contribution < -0.4 is 0 Å². The van der Waals surface area contributed by atoms with Gasteiger partial charge in [0.1, 0.15) is 6.04 Å². The van der Waals surface area contributed by atoms with Gasteiger partial charge in [-0.05, 0) is 34.1 Å². The van der Waals surface area contributed by atoms with Gasteiger partial charge in [-0.1, -0.05) is 0 Å². The summed E-state index contributed by atoms with van der Waals surface area (Å²) in [6, 6.07) is 5.31. The summed E-state index contributed by atoms with van der Waals surface area (Å²) < 4.78 is 10.0. The number of aromatic amines is 1. The van der Waals surface area contributed by atoms with Gasteiger partial charge in [0.2, 0.25) is 0 Å². The summed E-state index contributed by atoms with van der Waals surface area (Å²) in [5.41, 5.74) is 3.99. The molecule has 0 radical (unpaired) electrons. The SMILES string of the molecule is Cn1cc(-c2nnc(C(=O)N3CCc4[nH]cnc4[C@H]3c3cc4c(Br)cccn4n3)o2)cn1. The van der Waals surface area contributed by atoms with E-state index in [9.17, 15) is 4.79 Å². The minimum Gasteiger partial charge on any atom is -0.412 e. The fourth-order valence-corrected chi connectivity index (χ4v) is 4.46. The highest BCUT2D eigenvalue weighted by molar-refractivity contribution is 9.10. The molecule has 0 unspecified atom stereocenters. The van der Waals surface area contributed by atoms with Crippen molar-refractivity contribution in [3.63, 3.8) is 0 Å². The van der Waals surface area contributed by atoms with Crippen molar-refractivity contribution in [1.82, 2.24) is 44.5 Å². The van der Waals surface area contributed by atoms with Crippen LogP contribution in [0.2, 0.25) is 0 Å². The third-order valence-corrected chi connectivity index (χ3v) is 6.17. The summed E-state index contributed by atoms with van der Waals surface area (Å²) >= 11 is 3.56. The first-order valence-electron chi connectivity index (χ1n) is 9.88. The van der Waals surface area contributed by atoms with Gasteiger partial charge in [-0.15, -0.1) is 10.2 Å². The van der Waals surface area contributed by atoms with Crippen LogP contribution in [0.15, 0.2) is 52.0 Å². The number of hydrogen-bond acceptors (Lipinski definition) is 7. The molecule has 1 atom stereocenters. The number of carbonyl (C=O) groups is 1. The number of H-pyrrole nitrogens is 1. The molecule has 160 valence electrons. The van der Waals surface area contributed by atoms with E-state index in [0.717, 1.165) is 21.4 Å². The van der Waals surface area contributed by atoms with Crippen molar-refractivity contribution in [2.45, 2.75) is 12.5 Å². The Morgan fingerprint density at radius 1 is 1.34 bits per heavy atom. The second-order valence-electron chi connectivity index (χ2n) is 7.49. The van der Waals surface area contributed by atoms with Crippen molar-refractivity contribution >= 4 is 27.4 Å². The van der Waals surface area contributed by atoms with E-state index >= 15 is 0 Å². The fourth-order valence-electron chi connectivity index (χ4n) is 4.01. The van der Waals surface area contributed by atoms with E-state index in [1.807, 2.05) is 24.4 Å². The second kappa shape index (κ2) is 7.12. The number of carbonyl (C=O) groups excluding carboxylic acids is 1. The van der Waals surface area contributed by atoms with Gasteiger partial charge < -0.3 is 14.3 Å². The van der Waals surface area contributed by atoms with Gasteiger partial charge in [0.15, 0.2) is 0 Å². The molecule has 5 aromatic rings. The highest BCUT2D eigenvalue weighted by atomic mass is 79.9. The molecule has 6 heterocycles. The van der Waals surface area contributed by atoms with Crippen LogP contribution >= 0.6 is 15.9 Å². The van der Waals surface area contributed by atoms with Crippen molar-refractivity contribution in [1.29, 1.82) is 0 Å². The van der Waals surface area contributed by atoms with Crippen LogP contribution in [-0.2, 0) is 13.5 Å². The number of imidazole rings is 1. The topological polar surface area (TPSA) is 123 Å². The van der Waals surface area contributed by atoms with E-state index in [-0.39, 0.29) is 17.7 Å². The molecule has 0 fully saturated rings. The first kappa shape index (κ1) is 18.9. The molecule has 0 aromatic carbocycles. The van der Waals surface area contributed by atoms with Gasteiger partial charge in [-0.2, -0.15) is 10.2 Å². The zero-order chi connectivity index (χ0) is 21.8. The molecule has 0 spiro atoms. The summed E-state index contributed by atoms with van der Waals surface area (Å²) in [5.74, 6) is -0.215. The van der Waals surface area contributed by atoms with Gasteiger partial charge in [-0.25, -0.2) is 9.50 Å². The number of amides is 1. The summed E-state index contributed by atoms with van der Waals surface area (Å²) in [6.45, 7) is 0.457. The van der Waals surface area contributed by atoms with Crippen molar-refractivity contribution in [2.24, 2.45) is 7.05 Å². The Kier molecular flexibility index (Phi) is 4.21. The lowest BCUT2D eigenvalue weighted by Gasteiger charge is -2.32. The fraction of sp³-hybridized carbons (Fsp3) is 0.200. The van der Waals surface area contributed by atoms with Crippen LogP contribution in [0.4, 0.5) is 0 Å². The maximum atomic E-state index is 13.5. The number of rotatable bonds is 3. The molecule has 5 aromatic heterocycles. The molecule has 32 heavy (non-hydrogen) atoms. The molecule has 0 saturated heterocycles. The molecule has 1 aliphatic rings. The summed E-state index contributed by atoms with van der Waals surface area (Å²) in [5, 5.41) is 16.9. The van der Waals surface area contributed by atoms with Crippen molar-refractivity contribution < 1.29 is 9.21 Å². The molecule has 12 heteroatoms. The summed E-state index contributed by atoms with van der Waals surface area (Å²) in [6.07, 6.45) is 7.50. The standard InChI is InChI=1S/C20H16BrN9O2/c1-28-9-11(8-24-28)18-25-26-19(32-18)20(31)29-6-4-13-16(23-10-22-13)17(29)14-7-15-12(21)3-2-5-30(15)27-14/h2-3,5,7-10,17H,4,6H2,1H3,(H,22,23)/t17-/m1/s1. The van der Waals surface area contributed by atoms with Gasteiger partial charge in [0.05, 0.1) is 35.0 Å². The van der Waals surface area contributed by atoms with Gasteiger partial charge in [-0.3, -0.25) is 9.48 Å². The number of hydrogen-bond donors (Lipinski definition) is 1. The largest absolute Gasteiger partial charge is 0.412 e. The molecule has 11 nitrogen and oxygen atoms in total. The first-order chi connectivity index (χ1) is 15.6. The van der Waals surface area contributed by atoms with E-state index < -0.39 is 6.04 Å². The van der Waals surface area contributed by atoms with Crippen LogP contribution in [0.3, 0.4) is 0 Å². The highest BCUT2D eigenvalue weighted by Gasteiger charge is 2.38. The second-order valence-corrected chi connectivity index (χ2v) is 8.34. The molecule has 0 saturated carbocycles. The molecule has 1 amide bonds. The molecule has 1 N–H and O–H groups in total. The molecule has 0 aliphatic carbocycles. The number of aryl methyl sites for hydroxylation is 1. The average molecular weight is 494 g/mol. The van der Waals surface area contributed by atoms with Gasteiger partial charge >= 0.3 is 11.8 Å². The summed E-state index contributed by atoms with van der Waals surface area (Å²) in [7, 11) is 1.79. The Morgan fingerprint density at radius 3 is 3.06 bits per heavy atom. The number of fused-ring (bicyclic) bond motifs is 2. The van der Waals surface area contributed by atoms with E-state index in [0.29, 0.717) is 24.2 Å². The average Bonchev–Trinajstić information content (AvgIpc) is 3.57. The minimum atomic E-state index is -0.488. The molecule has 1 aliphatic heterocycles. The van der Waals surface area contributed by atoms with E-state index in [1.54, 1.807) is 39.9 Å². The van der Waals surface area contributed by atoms with Crippen molar-refractivity contribution in [3.05, 3.63) is 70.6 Å². The number of nitrogens with zero attached hydrogens (tertiary/aromatic N) is 8. The quantitative estimate of drug-likeness (QED) is 0.409. The van der Waals surface area contributed by atoms with Crippen LogP contribution in [0.1, 0.15) is 33.8 Å². The molecule has 6 rings (SSSR count). The lowest BCUT2D eigenvalue weighted by molar-refractivity contribution is 0.0646. The molecular formula is C20H16BrN9O2. The third-order valence-electron chi connectivity index (χ3n) is 5.49. The van der Waals surface area contributed by atoms with E-state index in [4.69, 9.17) is 9.52 Å². The van der Waals surface area contributed by atoms with Crippen LogP contribution in [-0.4, -0.2) is 56.9 Å². The van der Waals surface area contributed by atoms with Gasteiger partial charge in [0, 0.05) is 42.6 Å². The normalized spacial score (nSPS) is 15.9. The maximum absolute atomic E-state index is 13.5. The molecule has 0 bridgehead atoms. The number of pyridine rings is 1. The van der Waals surface area contributed by atoms with Crippen LogP contribution in [0, 0.1) is 0 Å². The monoisotopic (exact) mass is 493 g/mol. The first-order valence-corrected chi connectivity index (χ1v) is 10.7. The van der Waals surface area contributed by atoms with E-state index in [2.05, 4.69) is 41.2 Å². The number of aromatic nitrogens is 8. The Hall–Kier alpha value is -3.80. The van der Waals surface area contributed by atoms with Crippen molar-refractivity contribution in [2.75, 3.05) is 6.54 Å². The third kappa shape index (κ3) is 2.94. The smallest absolute Gasteiger partial charge is 0.312 e. The van der Waals surface area contributed by atoms with Crippen LogP contribution in [0.5, 0.6) is 0 Å². The Bertz CT molecular complexity index is 1460. The Morgan fingerprint density at radius 2 is 2.25 bits per heavy atom. The maximum Gasteiger partial charge on any atom is 0.312 e. The Balaban J connectivity index is 1.41. The predicted molar refractivity (Wildman–Crippen MR) is 115 cm³/mol. The van der Waals surface area contributed by atoms with Crippen molar-refractivity contribution in [3.8, 4) is 11.5 Å². The van der Waals surface area contributed by atoms with Gasteiger partial charge in [0.25, 0.3) is 5.89 Å². The highest BCUT2D eigenvalue weighted by Crippen LogP contribution is 2.35. The van der Waals surface area contributed by atoms with Crippen LogP contribution in [0.25, 0.3) is 17.0 Å². The number of nitrogens with one attached hydrogen (secondary N) is 1. The minimum absolute atomic E-state index is 0.0854. The zero-order valence-corrected chi connectivity index (χ0v) is 18.4. The van der Waals surface area contributed by atoms with E-state index in [1.165, 1.54) is 0 Å².